The van der Waals surface area contributed by atoms with Gasteiger partial charge in [-0.25, -0.2) is 4.79 Å². The Morgan fingerprint density at radius 1 is 1.44 bits per heavy atom. The number of amides is 1. The van der Waals surface area contributed by atoms with Crippen LogP contribution in [0.1, 0.15) is 25.8 Å². The van der Waals surface area contributed by atoms with Crippen molar-refractivity contribution in [2.75, 3.05) is 11.9 Å². The maximum atomic E-state index is 13.0. The Bertz CT molecular complexity index is 811. The summed E-state index contributed by atoms with van der Waals surface area (Å²) in [5.41, 5.74) is -4.41. The number of rotatable bonds is 5. The fourth-order valence-electron chi connectivity index (χ4n) is 2.43. The predicted molar refractivity (Wildman–Crippen MR) is 85.0 cm³/mol. The predicted octanol–water partition coefficient (Wildman–Crippen LogP) is 3.10. The van der Waals surface area contributed by atoms with Crippen LogP contribution in [0, 0.1) is 10.1 Å². The lowest BCUT2D eigenvalue weighted by atomic mass is 9.94. The lowest BCUT2D eigenvalue weighted by Gasteiger charge is -2.19. The zero-order chi connectivity index (χ0) is 20.4. The highest BCUT2D eigenvalue weighted by Crippen LogP contribution is 2.38. The highest BCUT2D eigenvalue weighted by atomic mass is 19.4. The molecule has 2 atom stereocenters. The van der Waals surface area contributed by atoms with Crippen molar-refractivity contribution >= 4 is 23.3 Å². The zero-order valence-electron chi connectivity index (χ0n) is 14.2. The smallest absolute Gasteiger partial charge is 0.423 e. The third-order valence-corrected chi connectivity index (χ3v) is 3.81. The van der Waals surface area contributed by atoms with Crippen LogP contribution in [0.15, 0.2) is 28.4 Å². The Morgan fingerprint density at radius 3 is 2.67 bits per heavy atom. The molecule has 2 unspecified atom stereocenters. The number of azo groups is 1. The van der Waals surface area contributed by atoms with Crippen LogP contribution in [0.2, 0.25) is 0 Å². The number of carbonyl (C=O) groups excluding carboxylic acids is 2. The summed E-state index contributed by atoms with van der Waals surface area (Å²) in [4.78, 5) is 33.7. The minimum Gasteiger partial charge on any atom is -0.464 e. The van der Waals surface area contributed by atoms with Gasteiger partial charge in [0.05, 0.1) is 11.5 Å². The highest BCUT2D eigenvalue weighted by Gasteiger charge is 2.44. The number of esters is 1. The monoisotopic (exact) mass is 388 g/mol. The van der Waals surface area contributed by atoms with Gasteiger partial charge in [0.15, 0.2) is 11.6 Å². The van der Waals surface area contributed by atoms with Crippen molar-refractivity contribution in [1.82, 2.24) is 0 Å². The van der Waals surface area contributed by atoms with E-state index in [9.17, 15) is 32.9 Å². The fourth-order valence-corrected chi connectivity index (χ4v) is 2.43. The summed E-state index contributed by atoms with van der Waals surface area (Å²) < 4.78 is 43.8. The lowest BCUT2D eigenvalue weighted by Crippen LogP contribution is -2.39. The number of nitro groups is 1. The fraction of sp³-hybridized carbons (Fsp3) is 0.467. The molecule has 146 valence electrons. The van der Waals surface area contributed by atoms with Gasteiger partial charge in [-0.05, 0) is 26.0 Å². The maximum Gasteiger partial charge on any atom is 0.423 e. The van der Waals surface area contributed by atoms with E-state index in [1.807, 2.05) is 0 Å². The first-order valence-corrected chi connectivity index (χ1v) is 7.73. The van der Waals surface area contributed by atoms with Crippen LogP contribution in [0.3, 0.4) is 0 Å². The van der Waals surface area contributed by atoms with Gasteiger partial charge in [0.25, 0.3) is 11.6 Å². The molecular weight excluding hydrogens is 373 g/mol. The number of anilines is 1. The van der Waals surface area contributed by atoms with E-state index in [0.29, 0.717) is 12.1 Å². The molecule has 0 spiro atoms. The van der Waals surface area contributed by atoms with E-state index >= 15 is 0 Å². The number of nitrogens with one attached hydrogen (secondary N) is 1. The first-order chi connectivity index (χ1) is 12.5. The van der Waals surface area contributed by atoms with Crippen LogP contribution < -0.4 is 5.32 Å². The molecule has 1 amide bonds. The van der Waals surface area contributed by atoms with Gasteiger partial charge in [-0.15, -0.1) is 0 Å². The third-order valence-electron chi connectivity index (χ3n) is 3.81. The maximum absolute atomic E-state index is 13.0. The number of ether oxygens (including phenoxy) is 1. The summed E-state index contributed by atoms with van der Waals surface area (Å²) in [6.45, 7) is 3.08. The molecule has 12 heteroatoms. The number of hydrogen-bond acceptors (Lipinski definition) is 7. The van der Waals surface area contributed by atoms with Crippen molar-refractivity contribution in [2.24, 2.45) is 10.2 Å². The third kappa shape index (κ3) is 4.38. The molecule has 1 aromatic rings. The van der Waals surface area contributed by atoms with E-state index in [-0.39, 0.29) is 18.7 Å². The Labute approximate surface area is 150 Å². The average molecular weight is 388 g/mol. The SMILES string of the molecule is CCOC(=O)C1CC(C)(C(=O)Nc2ccc([N+](=O)[O-])c(C(F)(F)F)c2)N=N1. The van der Waals surface area contributed by atoms with Crippen molar-refractivity contribution in [2.45, 2.75) is 38.0 Å². The van der Waals surface area contributed by atoms with E-state index < -0.39 is 45.8 Å². The van der Waals surface area contributed by atoms with Gasteiger partial charge < -0.3 is 10.1 Å². The number of alkyl halides is 3. The number of carbonyl (C=O) groups is 2. The molecule has 0 fully saturated rings. The van der Waals surface area contributed by atoms with Gasteiger partial charge in [-0.1, -0.05) is 0 Å². The summed E-state index contributed by atoms with van der Waals surface area (Å²) in [7, 11) is 0. The number of halogens is 3. The van der Waals surface area contributed by atoms with E-state index in [0.717, 1.165) is 6.07 Å². The summed E-state index contributed by atoms with van der Waals surface area (Å²) in [6.07, 6.45) is -5.09. The summed E-state index contributed by atoms with van der Waals surface area (Å²) >= 11 is 0. The van der Waals surface area contributed by atoms with Gasteiger partial charge in [-0.3, -0.25) is 14.9 Å². The second-order valence-electron chi connectivity index (χ2n) is 5.90. The van der Waals surface area contributed by atoms with Crippen molar-refractivity contribution in [3.63, 3.8) is 0 Å². The van der Waals surface area contributed by atoms with Crippen LogP contribution in [0.25, 0.3) is 0 Å². The Balaban J connectivity index is 2.20. The summed E-state index contributed by atoms with van der Waals surface area (Å²) in [5, 5.41) is 20.4. The molecule has 0 aliphatic carbocycles. The molecule has 0 bridgehead atoms. The molecular formula is C15H15F3N4O5. The van der Waals surface area contributed by atoms with Crippen molar-refractivity contribution in [3.05, 3.63) is 33.9 Å². The molecule has 1 aromatic carbocycles. The normalized spacial score (nSPS) is 21.7. The van der Waals surface area contributed by atoms with Crippen LogP contribution in [0.4, 0.5) is 24.5 Å². The minimum atomic E-state index is -4.98. The molecule has 1 N–H and O–H groups in total. The van der Waals surface area contributed by atoms with Gasteiger partial charge in [0, 0.05) is 18.2 Å². The molecule has 1 heterocycles. The van der Waals surface area contributed by atoms with Gasteiger partial charge in [0.2, 0.25) is 0 Å². The first kappa shape index (κ1) is 20.3. The number of hydrogen-bond donors (Lipinski definition) is 1. The van der Waals surface area contributed by atoms with Crippen LogP contribution in [0.5, 0.6) is 0 Å². The van der Waals surface area contributed by atoms with Crippen LogP contribution >= 0.6 is 0 Å². The molecule has 0 radical (unpaired) electrons. The van der Waals surface area contributed by atoms with Crippen molar-refractivity contribution in [1.29, 1.82) is 0 Å². The number of benzene rings is 1. The molecule has 0 aromatic heterocycles. The highest BCUT2D eigenvalue weighted by molar-refractivity contribution is 5.99. The minimum absolute atomic E-state index is 0.114. The van der Waals surface area contributed by atoms with Crippen LogP contribution in [-0.4, -0.2) is 35.0 Å². The Kier molecular flexibility index (Phi) is 5.47. The van der Waals surface area contributed by atoms with E-state index in [1.54, 1.807) is 6.92 Å². The molecule has 27 heavy (non-hydrogen) atoms. The van der Waals surface area contributed by atoms with Crippen molar-refractivity contribution in [3.8, 4) is 0 Å². The van der Waals surface area contributed by atoms with Crippen molar-refractivity contribution < 1.29 is 32.4 Å². The Hall–Kier alpha value is -3.05. The van der Waals surface area contributed by atoms with E-state index in [1.165, 1.54) is 6.92 Å². The van der Waals surface area contributed by atoms with Gasteiger partial charge in [-0.2, -0.15) is 23.4 Å². The van der Waals surface area contributed by atoms with E-state index in [2.05, 4.69) is 15.5 Å². The van der Waals surface area contributed by atoms with Gasteiger partial charge >= 0.3 is 12.1 Å². The first-order valence-electron chi connectivity index (χ1n) is 7.73. The number of nitro benzene ring substituents is 1. The lowest BCUT2D eigenvalue weighted by molar-refractivity contribution is -0.388. The molecule has 1 aliphatic rings. The zero-order valence-corrected chi connectivity index (χ0v) is 14.2. The van der Waals surface area contributed by atoms with Gasteiger partial charge in [0.1, 0.15) is 5.56 Å². The quantitative estimate of drug-likeness (QED) is 0.472. The topological polar surface area (TPSA) is 123 Å². The number of nitrogens with zero attached hydrogens (tertiary/aromatic N) is 3. The molecule has 0 saturated carbocycles. The van der Waals surface area contributed by atoms with E-state index in [4.69, 9.17) is 4.74 Å². The largest absolute Gasteiger partial charge is 0.464 e. The molecule has 2 rings (SSSR count). The molecule has 0 saturated heterocycles. The van der Waals surface area contributed by atoms with Crippen LogP contribution in [-0.2, 0) is 20.5 Å². The Morgan fingerprint density at radius 2 is 2.11 bits per heavy atom. The second kappa shape index (κ2) is 7.29. The standard InChI is InChI=1S/C15H15F3N4O5/c1-3-27-12(23)10-7-14(2,21-20-10)13(24)19-8-4-5-11(22(25)26)9(6-8)15(16,17)18/h4-6,10H,3,7H2,1-2H3,(H,19,24). The molecule has 1 aliphatic heterocycles. The summed E-state index contributed by atoms with van der Waals surface area (Å²) in [5.74, 6) is -1.47. The average Bonchev–Trinajstić information content (AvgIpc) is 2.98. The second-order valence-corrected chi connectivity index (χ2v) is 5.90. The summed E-state index contributed by atoms with van der Waals surface area (Å²) in [6, 6.07) is 1.11. The molecule has 9 nitrogen and oxygen atoms in total.